The van der Waals surface area contributed by atoms with E-state index in [0.29, 0.717) is 6.04 Å². The predicted molar refractivity (Wildman–Crippen MR) is 49.9 cm³/mol. The highest BCUT2D eigenvalue weighted by Crippen LogP contribution is 1.72. The molecule has 0 aromatic rings. The molecule has 0 saturated heterocycles. The Kier molecular flexibility index (Phi) is 7.89. The Balaban J connectivity index is 2.80. The van der Waals surface area contributed by atoms with Crippen LogP contribution in [0.1, 0.15) is 13.8 Å². The van der Waals surface area contributed by atoms with Crippen molar-refractivity contribution in [1.29, 1.82) is 0 Å². The zero-order valence-electron chi connectivity index (χ0n) is 7.91. The summed E-state index contributed by atoms with van der Waals surface area (Å²) in [5, 5.41) is 9.74. The highest BCUT2D eigenvalue weighted by molar-refractivity contribution is 4.55. The standard InChI is InChI=1S/C8H21N3/c1-8(2)11-7-6-10-5-4-9-3/h8-11H,4-7H2,1-3H3. The quantitative estimate of drug-likeness (QED) is 0.450. The first-order valence-electron chi connectivity index (χ1n) is 4.36. The van der Waals surface area contributed by atoms with Crippen molar-refractivity contribution in [2.75, 3.05) is 33.2 Å². The number of nitrogens with one attached hydrogen (secondary N) is 3. The molecule has 0 radical (unpaired) electrons. The molecule has 0 aliphatic heterocycles. The van der Waals surface area contributed by atoms with Crippen LogP contribution in [0, 0.1) is 0 Å². The summed E-state index contributed by atoms with van der Waals surface area (Å²) in [6.45, 7) is 8.53. The molecule has 0 spiro atoms. The SMILES string of the molecule is CNCCNCCNC(C)C. The lowest BCUT2D eigenvalue weighted by atomic mass is 10.4. The van der Waals surface area contributed by atoms with E-state index in [9.17, 15) is 0 Å². The lowest BCUT2D eigenvalue weighted by Gasteiger charge is -2.08. The van der Waals surface area contributed by atoms with E-state index in [-0.39, 0.29) is 0 Å². The lowest BCUT2D eigenvalue weighted by molar-refractivity contribution is 0.552. The van der Waals surface area contributed by atoms with Gasteiger partial charge in [0.1, 0.15) is 0 Å². The van der Waals surface area contributed by atoms with Gasteiger partial charge in [-0.15, -0.1) is 0 Å². The van der Waals surface area contributed by atoms with E-state index in [0.717, 1.165) is 26.2 Å². The van der Waals surface area contributed by atoms with Crippen LogP contribution < -0.4 is 16.0 Å². The minimum Gasteiger partial charge on any atom is -0.318 e. The molecule has 0 atom stereocenters. The summed E-state index contributed by atoms with van der Waals surface area (Å²) >= 11 is 0. The molecule has 0 unspecified atom stereocenters. The second kappa shape index (κ2) is 7.98. The second-order valence-corrected chi connectivity index (χ2v) is 2.96. The molecule has 0 aliphatic carbocycles. The topological polar surface area (TPSA) is 36.1 Å². The fourth-order valence-corrected chi connectivity index (χ4v) is 0.788. The molecule has 0 heterocycles. The minimum atomic E-state index is 0.598. The zero-order chi connectivity index (χ0) is 8.53. The molecule has 68 valence electrons. The summed E-state index contributed by atoms with van der Waals surface area (Å²) in [6, 6.07) is 0.598. The largest absolute Gasteiger partial charge is 0.318 e. The summed E-state index contributed by atoms with van der Waals surface area (Å²) in [5.74, 6) is 0. The van der Waals surface area contributed by atoms with Gasteiger partial charge in [0, 0.05) is 32.2 Å². The Labute approximate surface area is 69.9 Å². The Morgan fingerprint density at radius 1 is 1.00 bits per heavy atom. The normalized spacial score (nSPS) is 10.9. The van der Waals surface area contributed by atoms with Gasteiger partial charge in [-0.05, 0) is 7.05 Å². The van der Waals surface area contributed by atoms with E-state index in [1.54, 1.807) is 0 Å². The van der Waals surface area contributed by atoms with Gasteiger partial charge >= 0.3 is 0 Å². The number of likely N-dealkylation sites (N-methyl/N-ethyl adjacent to an activating group) is 1. The van der Waals surface area contributed by atoms with Crippen LogP contribution in [0.2, 0.25) is 0 Å². The first kappa shape index (κ1) is 10.9. The van der Waals surface area contributed by atoms with E-state index < -0.39 is 0 Å². The highest BCUT2D eigenvalue weighted by atomic mass is 15.0. The van der Waals surface area contributed by atoms with Gasteiger partial charge in [-0.1, -0.05) is 13.8 Å². The van der Waals surface area contributed by atoms with E-state index >= 15 is 0 Å². The molecule has 0 bridgehead atoms. The van der Waals surface area contributed by atoms with Gasteiger partial charge in [0.05, 0.1) is 0 Å². The van der Waals surface area contributed by atoms with Crippen molar-refractivity contribution in [2.45, 2.75) is 19.9 Å². The Morgan fingerprint density at radius 2 is 1.64 bits per heavy atom. The lowest BCUT2D eigenvalue weighted by Crippen LogP contribution is -2.34. The molecule has 3 heteroatoms. The highest BCUT2D eigenvalue weighted by Gasteiger charge is 1.89. The molecule has 0 amide bonds. The predicted octanol–water partition coefficient (Wildman–Crippen LogP) is -0.207. The van der Waals surface area contributed by atoms with Crippen LogP contribution in [-0.4, -0.2) is 39.3 Å². The molecular formula is C8H21N3. The molecule has 0 saturated carbocycles. The molecule has 3 nitrogen and oxygen atoms in total. The van der Waals surface area contributed by atoms with E-state index in [4.69, 9.17) is 0 Å². The first-order valence-corrected chi connectivity index (χ1v) is 4.36. The van der Waals surface area contributed by atoms with Gasteiger partial charge in [-0.2, -0.15) is 0 Å². The summed E-state index contributed by atoms with van der Waals surface area (Å²) < 4.78 is 0. The van der Waals surface area contributed by atoms with E-state index in [2.05, 4.69) is 29.8 Å². The molecule has 0 aliphatic rings. The average molecular weight is 159 g/mol. The molecule has 0 aromatic heterocycles. The van der Waals surface area contributed by atoms with Crippen LogP contribution >= 0.6 is 0 Å². The Hall–Kier alpha value is -0.120. The Bertz CT molecular complexity index is 73.7. The van der Waals surface area contributed by atoms with Crippen molar-refractivity contribution in [2.24, 2.45) is 0 Å². The fourth-order valence-electron chi connectivity index (χ4n) is 0.788. The zero-order valence-corrected chi connectivity index (χ0v) is 7.91. The number of hydrogen-bond acceptors (Lipinski definition) is 3. The summed E-state index contributed by atoms with van der Waals surface area (Å²) in [7, 11) is 1.97. The van der Waals surface area contributed by atoms with Gasteiger partial charge < -0.3 is 16.0 Å². The van der Waals surface area contributed by atoms with Crippen molar-refractivity contribution in [3.63, 3.8) is 0 Å². The van der Waals surface area contributed by atoms with Crippen molar-refractivity contribution >= 4 is 0 Å². The molecule has 3 N–H and O–H groups in total. The molecule has 0 fully saturated rings. The number of hydrogen-bond donors (Lipinski definition) is 3. The van der Waals surface area contributed by atoms with Crippen molar-refractivity contribution in [1.82, 2.24) is 16.0 Å². The van der Waals surface area contributed by atoms with Crippen molar-refractivity contribution in [3.8, 4) is 0 Å². The van der Waals surface area contributed by atoms with Crippen LogP contribution in [-0.2, 0) is 0 Å². The van der Waals surface area contributed by atoms with Crippen LogP contribution in [0.5, 0.6) is 0 Å². The fraction of sp³-hybridized carbons (Fsp3) is 1.00. The summed E-state index contributed by atoms with van der Waals surface area (Å²) in [6.07, 6.45) is 0. The maximum Gasteiger partial charge on any atom is 0.00791 e. The molecule has 11 heavy (non-hydrogen) atoms. The molecular weight excluding hydrogens is 138 g/mol. The Morgan fingerprint density at radius 3 is 2.18 bits per heavy atom. The second-order valence-electron chi connectivity index (χ2n) is 2.96. The minimum absolute atomic E-state index is 0.598. The van der Waals surface area contributed by atoms with E-state index in [1.165, 1.54) is 0 Å². The van der Waals surface area contributed by atoms with Gasteiger partial charge in [0.25, 0.3) is 0 Å². The van der Waals surface area contributed by atoms with Gasteiger partial charge in [0.15, 0.2) is 0 Å². The first-order chi connectivity index (χ1) is 5.27. The van der Waals surface area contributed by atoms with Crippen LogP contribution in [0.25, 0.3) is 0 Å². The molecule has 0 rings (SSSR count). The monoisotopic (exact) mass is 159 g/mol. The number of rotatable bonds is 7. The molecule has 0 aromatic carbocycles. The maximum atomic E-state index is 3.34. The third kappa shape index (κ3) is 9.88. The third-order valence-electron chi connectivity index (χ3n) is 1.41. The van der Waals surface area contributed by atoms with Crippen molar-refractivity contribution in [3.05, 3.63) is 0 Å². The van der Waals surface area contributed by atoms with Gasteiger partial charge in [0.2, 0.25) is 0 Å². The van der Waals surface area contributed by atoms with Crippen LogP contribution in [0.4, 0.5) is 0 Å². The van der Waals surface area contributed by atoms with Gasteiger partial charge in [-0.3, -0.25) is 0 Å². The van der Waals surface area contributed by atoms with Crippen LogP contribution in [0.3, 0.4) is 0 Å². The van der Waals surface area contributed by atoms with E-state index in [1.807, 2.05) is 7.05 Å². The third-order valence-corrected chi connectivity index (χ3v) is 1.41. The maximum absolute atomic E-state index is 3.34. The van der Waals surface area contributed by atoms with Crippen molar-refractivity contribution < 1.29 is 0 Å². The smallest absolute Gasteiger partial charge is 0.00791 e. The summed E-state index contributed by atoms with van der Waals surface area (Å²) in [5.41, 5.74) is 0. The van der Waals surface area contributed by atoms with Crippen LogP contribution in [0.15, 0.2) is 0 Å². The van der Waals surface area contributed by atoms with Gasteiger partial charge in [-0.25, -0.2) is 0 Å². The summed E-state index contributed by atoms with van der Waals surface area (Å²) in [4.78, 5) is 0. The average Bonchev–Trinajstić information content (AvgIpc) is 1.96.